The number of hydrogen-bond acceptors (Lipinski definition) is 12. The Balaban J connectivity index is 0.702. The van der Waals surface area contributed by atoms with Crippen LogP contribution in [0.2, 0.25) is 0 Å². The zero-order valence-electron chi connectivity index (χ0n) is 44.1. The summed E-state index contributed by atoms with van der Waals surface area (Å²) in [5.41, 5.74) is 6.09. The number of sulfone groups is 3. The summed E-state index contributed by atoms with van der Waals surface area (Å²) >= 11 is 0. The molecule has 0 bridgehead atoms. The molecule has 0 unspecified atom stereocenters. The summed E-state index contributed by atoms with van der Waals surface area (Å²) in [7, 11) is -11.8. The van der Waals surface area contributed by atoms with E-state index in [1.165, 1.54) is 121 Å². The minimum atomic E-state index is -3.97. The summed E-state index contributed by atoms with van der Waals surface area (Å²) in [5.74, 6) is 2.87. The molecule has 0 amide bonds. The highest BCUT2D eigenvalue weighted by Crippen LogP contribution is 2.33. The number of hydrogen-bond donors (Lipinski definition) is 0. The summed E-state index contributed by atoms with van der Waals surface area (Å²) in [6.07, 6.45) is 0. The first-order chi connectivity index (χ1) is 38.8. The maximum absolute atomic E-state index is 13.6. The number of rotatable bonds is 18. The normalized spacial score (nSPS) is 11.6. The van der Waals surface area contributed by atoms with Crippen LogP contribution in [-0.4, -0.2) is 36.8 Å². The Bertz CT molecular complexity index is 4040. The van der Waals surface area contributed by atoms with Gasteiger partial charge >= 0.3 is 0 Å². The van der Waals surface area contributed by atoms with E-state index in [2.05, 4.69) is 0 Å². The van der Waals surface area contributed by atoms with Crippen molar-refractivity contribution >= 4 is 41.1 Å². The van der Waals surface area contributed by atoms with Gasteiger partial charge < -0.3 is 18.9 Å². The van der Waals surface area contributed by atoms with Crippen LogP contribution in [0.15, 0.2) is 260 Å². The number of aryl methyl sites for hydroxylation is 4. The van der Waals surface area contributed by atoms with Gasteiger partial charge in [0.25, 0.3) is 0 Å². The molecule has 0 atom stereocenters. The smallest absolute Gasteiger partial charge is 0.206 e. The van der Waals surface area contributed by atoms with Crippen LogP contribution < -0.4 is 18.9 Å². The third-order valence-electron chi connectivity index (χ3n) is 13.3. The van der Waals surface area contributed by atoms with Gasteiger partial charge in [-0.1, -0.05) is 35.4 Å². The summed E-state index contributed by atoms with van der Waals surface area (Å²) in [6, 6.07) is 60.3. The average Bonchev–Trinajstić information content (AvgIpc) is 3.49. The van der Waals surface area contributed by atoms with Gasteiger partial charge in [0.2, 0.25) is 29.5 Å². The second-order valence-electron chi connectivity index (χ2n) is 19.1. The van der Waals surface area contributed by atoms with Crippen LogP contribution in [0.1, 0.15) is 54.1 Å². The molecule has 10 aromatic carbocycles. The number of benzene rings is 10. The first kappa shape index (κ1) is 54.9. The second-order valence-corrected chi connectivity index (χ2v) is 24.9. The molecule has 0 N–H and O–H groups in total. The largest absolute Gasteiger partial charge is 0.457 e. The molecule has 0 fully saturated rings. The molecule has 0 aliphatic carbocycles. The van der Waals surface area contributed by atoms with Crippen LogP contribution >= 0.6 is 0 Å². The lowest BCUT2D eigenvalue weighted by molar-refractivity contribution is 0.103. The standard InChI is InChI=1S/C66H50O12S3/c1-43-5-7-45(3)63(41-43)65(67)47-9-13-49(14-10-47)75-51-17-29-57(30-18-51)79(69,70)59-33-21-53(22-34-59)77-55-25-37-61(38-26-55)81(73,74)62-39-27-56(28-40-62)78-54-23-35-60(36-24-54)80(71,72)58-31-19-52(20-32-58)76-50-15-11-48(12-16-50)66(68)64-42-44(2)6-8-46(64)4/h5-42H,1-4H3. The van der Waals surface area contributed by atoms with E-state index in [1.807, 2.05) is 64.1 Å². The first-order valence-electron chi connectivity index (χ1n) is 25.3. The number of carbonyl (C=O) groups excluding carboxylic acids is 2. The maximum Gasteiger partial charge on any atom is 0.206 e. The molecule has 0 spiro atoms. The van der Waals surface area contributed by atoms with Gasteiger partial charge in [-0.25, -0.2) is 25.3 Å². The van der Waals surface area contributed by atoms with Crippen LogP contribution in [0, 0.1) is 27.7 Å². The molecule has 10 rings (SSSR count). The van der Waals surface area contributed by atoms with Crippen LogP contribution in [0.3, 0.4) is 0 Å². The highest BCUT2D eigenvalue weighted by atomic mass is 32.2. The zero-order valence-corrected chi connectivity index (χ0v) is 46.5. The predicted molar refractivity (Wildman–Crippen MR) is 307 cm³/mol. The molecule has 0 radical (unpaired) electrons. The van der Waals surface area contributed by atoms with Gasteiger partial charge in [0, 0.05) is 22.3 Å². The summed E-state index contributed by atoms with van der Waals surface area (Å²) in [5, 5.41) is 0. The molecule has 15 heteroatoms. The fraction of sp³-hybridized carbons (Fsp3) is 0.0606. The Hall–Kier alpha value is -9.41. The molecule has 404 valence electrons. The molecule has 0 aliphatic rings. The number of carbonyl (C=O) groups is 2. The van der Waals surface area contributed by atoms with Gasteiger partial charge in [-0.05, 0) is 245 Å². The van der Waals surface area contributed by atoms with Crippen LogP contribution in [0.4, 0.5) is 0 Å². The highest BCUT2D eigenvalue weighted by molar-refractivity contribution is 7.92. The third-order valence-corrected chi connectivity index (χ3v) is 18.6. The van der Waals surface area contributed by atoms with E-state index in [-0.39, 0.29) is 40.9 Å². The van der Waals surface area contributed by atoms with Gasteiger partial charge in [-0.3, -0.25) is 9.59 Å². The SMILES string of the molecule is Cc1ccc(C)c(C(=O)c2ccc(Oc3ccc(S(=O)(=O)c4ccc(Oc5ccc(S(=O)(=O)c6ccc(Oc7ccc(S(=O)(=O)c8ccc(Oc9ccc(C(=O)c%10cc(C)ccc%10C)cc9)cc8)cc7)cc6)cc5)cc4)cc3)cc2)c1. The lowest BCUT2D eigenvalue weighted by Gasteiger charge is -2.11. The van der Waals surface area contributed by atoms with Gasteiger partial charge in [-0.2, -0.15) is 0 Å². The molecule has 0 saturated carbocycles. The maximum atomic E-state index is 13.6. The van der Waals surface area contributed by atoms with Crippen LogP contribution in [-0.2, 0) is 29.5 Å². The van der Waals surface area contributed by atoms with Crippen molar-refractivity contribution in [2.75, 3.05) is 0 Å². The molecular weight excluding hydrogens is 1080 g/mol. The van der Waals surface area contributed by atoms with E-state index < -0.39 is 29.5 Å². The lowest BCUT2D eigenvalue weighted by Crippen LogP contribution is -2.04. The van der Waals surface area contributed by atoms with Crippen molar-refractivity contribution in [3.05, 3.63) is 275 Å². The van der Waals surface area contributed by atoms with Crippen molar-refractivity contribution in [3.63, 3.8) is 0 Å². The summed E-state index contributed by atoms with van der Waals surface area (Å²) < 4.78 is 105. The molecule has 0 aromatic heterocycles. The Morgan fingerprint density at radius 2 is 0.444 bits per heavy atom. The minimum Gasteiger partial charge on any atom is -0.457 e. The Morgan fingerprint density at radius 3 is 0.642 bits per heavy atom. The third kappa shape index (κ3) is 12.3. The molecule has 10 aromatic rings. The fourth-order valence-corrected chi connectivity index (χ4v) is 12.5. The Morgan fingerprint density at radius 1 is 0.259 bits per heavy atom. The topological polar surface area (TPSA) is 173 Å². The zero-order chi connectivity index (χ0) is 57.1. The quantitative estimate of drug-likeness (QED) is 0.0745. The molecule has 12 nitrogen and oxygen atoms in total. The monoisotopic (exact) mass is 1130 g/mol. The van der Waals surface area contributed by atoms with Crippen molar-refractivity contribution in [2.24, 2.45) is 0 Å². The van der Waals surface area contributed by atoms with Gasteiger partial charge in [0.15, 0.2) is 11.6 Å². The molecule has 0 heterocycles. The lowest BCUT2D eigenvalue weighted by atomic mass is 9.97. The van der Waals surface area contributed by atoms with Crippen molar-refractivity contribution < 1.29 is 53.8 Å². The van der Waals surface area contributed by atoms with Crippen molar-refractivity contribution in [3.8, 4) is 46.0 Å². The van der Waals surface area contributed by atoms with Crippen molar-refractivity contribution in [2.45, 2.75) is 57.1 Å². The summed E-state index contributed by atoms with van der Waals surface area (Å²) in [6.45, 7) is 7.67. The molecule has 81 heavy (non-hydrogen) atoms. The van der Waals surface area contributed by atoms with Crippen LogP contribution in [0.25, 0.3) is 0 Å². The average molecular weight is 1130 g/mol. The minimum absolute atomic E-state index is 0.00646. The summed E-state index contributed by atoms with van der Waals surface area (Å²) in [4.78, 5) is 26.4. The van der Waals surface area contributed by atoms with E-state index in [1.54, 1.807) is 72.8 Å². The van der Waals surface area contributed by atoms with E-state index >= 15 is 0 Å². The molecule has 0 saturated heterocycles. The van der Waals surface area contributed by atoms with Crippen LogP contribution in [0.5, 0.6) is 46.0 Å². The van der Waals surface area contributed by atoms with Crippen molar-refractivity contribution in [1.82, 2.24) is 0 Å². The van der Waals surface area contributed by atoms with Gasteiger partial charge in [0.1, 0.15) is 46.0 Å². The number of ether oxygens (including phenoxy) is 4. The Kier molecular flexibility index (Phi) is 15.4. The first-order valence-corrected chi connectivity index (χ1v) is 29.8. The van der Waals surface area contributed by atoms with E-state index in [0.29, 0.717) is 68.2 Å². The van der Waals surface area contributed by atoms with E-state index in [0.717, 1.165) is 22.3 Å². The second kappa shape index (κ2) is 22.7. The number of ketones is 2. The van der Waals surface area contributed by atoms with Gasteiger partial charge in [0.05, 0.1) is 29.4 Å². The molecule has 0 aliphatic heterocycles. The van der Waals surface area contributed by atoms with Crippen molar-refractivity contribution in [1.29, 1.82) is 0 Å². The van der Waals surface area contributed by atoms with Gasteiger partial charge in [-0.15, -0.1) is 0 Å². The Labute approximate surface area is 470 Å². The van der Waals surface area contributed by atoms with E-state index in [4.69, 9.17) is 18.9 Å². The molecular formula is C66H50O12S3. The predicted octanol–water partition coefficient (Wildman–Crippen LogP) is 15.0. The fourth-order valence-electron chi connectivity index (χ4n) is 8.69. The van der Waals surface area contributed by atoms with E-state index in [9.17, 15) is 34.8 Å². The highest BCUT2D eigenvalue weighted by Gasteiger charge is 2.22.